The van der Waals surface area contributed by atoms with Gasteiger partial charge in [0.25, 0.3) is 0 Å². The van der Waals surface area contributed by atoms with E-state index < -0.39 is 0 Å². The van der Waals surface area contributed by atoms with Crippen LogP contribution in [0.3, 0.4) is 0 Å². The molecule has 0 unspecified atom stereocenters. The smallest absolute Gasteiger partial charge is 0.313 e. The summed E-state index contributed by atoms with van der Waals surface area (Å²) in [5.74, 6) is 0.775. The SMILES string of the molecule is COC(=O)C1(CNCc2cc(C)ccc2OC)CC1. The van der Waals surface area contributed by atoms with E-state index in [-0.39, 0.29) is 11.4 Å². The van der Waals surface area contributed by atoms with Gasteiger partial charge in [0.2, 0.25) is 0 Å². The highest BCUT2D eigenvalue weighted by Crippen LogP contribution is 2.46. The van der Waals surface area contributed by atoms with Crippen LogP contribution in [0.1, 0.15) is 24.0 Å². The first-order valence-corrected chi connectivity index (χ1v) is 6.54. The molecule has 1 aliphatic rings. The Kier molecular flexibility index (Phi) is 4.10. The molecule has 1 fully saturated rings. The molecule has 1 aliphatic carbocycles. The highest BCUT2D eigenvalue weighted by molar-refractivity contribution is 5.80. The van der Waals surface area contributed by atoms with Gasteiger partial charge >= 0.3 is 5.97 Å². The van der Waals surface area contributed by atoms with Crippen LogP contribution in [-0.2, 0) is 16.1 Å². The van der Waals surface area contributed by atoms with Crippen molar-refractivity contribution < 1.29 is 14.3 Å². The first kappa shape index (κ1) is 13.9. The van der Waals surface area contributed by atoms with E-state index in [0.29, 0.717) is 13.1 Å². The Balaban J connectivity index is 1.93. The number of ether oxygens (including phenoxy) is 2. The summed E-state index contributed by atoms with van der Waals surface area (Å²) in [7, 11) is 3.12. The van der Waals surface area contributed by atoms with E-state index in [4.69, 9.17) is 9.47 Å². The molecule has 1 aromatic carbocycles. The van der Waals surface area contributed by atoms with Crippen molar-refractivity contribution in [3.63, 3.8) is 0 Å². The Bertz CT molecular complexity index is 466. The van der Waals surface area contributed by atoms with Crippen LogP contribution in [0.4, 0.5) is 0 Å². The van der Waals surface area contributed by atoms with Gasteiger partial charge in [0.15, 0.2) is 0 Å². The lowest BCUT2D eigenvalue weighted by atomic mass is 10.1. The number of rotatable bonds is 6. The first-order chi connectivity index (χ1) is 9.11. The predicted molar refractivity (Wildman–Crippen MR) is 73.1 cm³/mol. The summed E-state index contributed by atoms with van der Waals surface area (Å²) in [6, 6.07) is 6.10. The van der Waals surface area contributed by atoms with Crippen LogP contribution in [0.15, 0.2) is 18.2 Å². The van der Waals surface area contributed by atoms with Gasteiger partial charge in [-0.3, -0.25) is 4.79 Å². The molecule has 0 aromatic heterocycles. The lowest BCUT2D eigenvalue weighted by Crippen LogP contribution is -2.30. The maximum atomic E-state index is 11.6. The van der Waals surface area contributed by atoms with Gasteiger partial charge in [0, 0.05) is 18.7 Å². The van der Waals surface area contributed by atoms with E-state index in [1.807, 2.05) is 12.1 Å². The third kappa shape index (κ3) is 3.07. The van der Waals surface area contributed by atoms with Crippen molar-refractivity contribution in [2.45, 2.75) is 26.3 Å². The van der Waals surface area contributed by atoms with Crippen LogP contribution in [0.2, 0.25) is 0 Å². The van der Waals surface area contributed by atoms with Crippen molar-refractivity contribution in [3.8, 4) is 5.75 Å². The van der Waals surface area contributed by atoms with E-state index in [2.05, 4.69) is 18.3 Å². The molecule has 1 aromatic rings. The molecule has 0 aliphatic heterocycles. The van der Waals surface area contributed by atoms with Gasteiger partial charge in [0.1, 0.15) is 5.75 Å². The maximum Gasteiger partial charge on any atom is 0.313 e. The number of nitrogens with one attached hydrogen (secondary N) is 1. The molecule has 0 atom stereocenters. The molecule has 0 radical (unpaired) electrons. The second-order valence-electron chi connectivity index (χ2n) is 5.19. The molecule has 1 saturated carbocycles. The van der Waals surface area contributed by atoms with Crippen molar-refractivity contribution in [2.24, 2.45) is 5.41 Å². The molecule has 104 valence electrons. The Morgan fingerprint density at radius 2 is 2.11 bits per heavy atom. The average Bonchev–Trinajstić information content (AvgIpc) is 3.19. The third-order valence-corrected chi connectivity index (χ3v) is 3.69. The van der Waals surface area contributed by atoms with Gasteiger partial charge in [-0.05, 0) is 25.8 Å². The molecule has 0 bridgehead atoms. The van der Waals surface area contributed by atoms with Crippen LogP contribution in [0.25, 0.3) is 0 Å². The highest BCUT2D eigenvalue weighted by atomic mass is 16.5. The van der Waals surface area contributed by atoms with E-state index >= 15 is 0 Å². The zero-order valence-corrected chi connectivity index (χ0v) is 11.8. The number of hydrogen-bond acceptors (Lipinski definition) is 4. The molecule has 19 heavy (non-hydrogen) atoms. The molecule has 0 amide bonds. The summed E-state index contributed by atoms with van der Waals surface area (Å²) in [6.07, 6.45) is 1.83. The molecular formula is C15H21NO3. The maximum absolute atomic E-state index is 11.6. The molecule has 4 heteroatoms. The third-order valence-electron chi connectivity index (χ3n) is 3.69. The molecule has 4 nitrogen and oxygen atoms in total. The summed E-state index contributed by atoms with van der Waals surface area (Å²) in [4.78, 5) is 11.6. The minimum atomic E-state index is -0.286. The van der Waals surface area contributed by atoms with Crippen LogP contribution >= 0.6 is 0 Å². The molecule has 0 spiro atoms. The van der Waals surface area contributed by atoms with Gasteiger partial charge in [-0.2, -0.15) is 0 Å². The second-order valence-corrected chi connectivity index (χ2v) is 5.19. The fourth-order valence-corrected chi connectivity index (χ4v) is 2.30. The van der Waals surface area contributed by atoms with Crippen LogP contribution in [-0.4, -0.2) is 26.7 Å². The molecule has 1 N–H and O–H groups in total. The highest BCUT2D eigenvalue weighted by Gasteiger charge is 2.50. The lowest BCUT2D eigenvalue weighted by molar-refractivity contribution is -0.146. The van der Waals surface area contributed by atoms with Gasteiger partial charge in [0.05, 0.1) is 19.6 Å². The summed E-state index contributed by atoms with van der Waals surface area (Å²) >= 11 is 0. The van der Waals surface area contributed by atoms with Gasteiger partial charge in [-0.1, -0.05) is 17.7 Å². The Labute approximate surface area is 114 Å². The van der Waals surface area contributed by atoms with E-state index in [1.165, 1.54) is 12.7 Å². The van der Waals surface area contributed by atoms with E-state index in [0.717, 1.165) is 24.2 Å². The summed E-state index contributed by atoms with van der Waals surface area (Å²) in [5.41, 5.74) is 2.03. The quantitative estimate of drug-likeness (QED) is 0.798. The number of aryl methyl sites for hydroxylation is 1. The summed E-state index contributed by atoms with van der Waals surface area (Å²) in [6.45, 7) is 3.42. The first-order valence-electron chi connectivity index (χ1n) is 6.54. The van der Waals surface area contributed by atoms with Crippen molar-refractivity contribution in [2.75, 3.05) is 20.8 Å². The monoisotopic (exact) mass is 263 g/mol. The van der Waals surface area contributed by atoms with Gasteiger partial charge in [-0.15, -0.1) is 0 Å². The molecule has 0 heterocycles. The topological polar surface area (TPSA) is 47.6 Å². The minimum Gasteiger partial charge on any atom is -0.496 e. The van der Waals surface area contributed by atoms with Crippen LogP contribution in [0, 0.1) is 12.3 Å². The fraction of sp³-hybridized carbons (Fsp3) is 0.533. The zero-order valence-electron chi connectivity index (χ0n) is 11.8. The summed E-state index contributed by atoms with van der Waals surface area (Å²) in [5, 5.41) is 3.34. The van der Waals surface area contributed by atoms with Crippen LogP contribution < -0.4 is 10.1 Å². The Morgan fingerprint density at radius 3 is 2.68 bits per heavy atom. The largest absolute Gasteiger partial charge is 0.496 e. The van der Waals surface area contributed by atoms with Crippen molar-refractivity contribution in [1.29, 1.82) is 0 Å². The predicted octanol–water partition coefficient (Wildman–Crippen LogP) is 2.05. The number of carbonyl (C=O) groups excluding carboxylic acids is 1. The number of hydrogen-bond donors (Lipinski definition) is 1. The fourth-order valence-electron chi connectivity index (χ4n) is 2.30. The number of carbonyl (C=O) groups is 1. The van der Waals surface area contributed by atoms with Crippen molar-refractivity contribution in [1.82, 2.24) is 5.32 Å². The average molecular weight is 263 g/mol. The van der Waals surface area contributed by atoms with Crippen molar-refractivity contribution >= 4 is 5.97 Å². The number of benzene rings is 1. The van der Waals surface area contributed by atoms with Gasteiger partial charge < -0.3 is 14.8 Å². The number of esters is 1. The van der Waals surface area contributed by atoms with E-state index in [9.17, 15) is 4.79 Å². The normalized spacial score (nSPS) is 15.9. The summed E-state index contributed by atoms with van der Waals surface area (Å²) < 4.78 is 10.2. The Hall–Kier alpha value is -1.55. The lowest BCUT2D eigenvalue weighted by Gasteiger charge is -2.15. The molecular weight excluding hydrogens is 242 g/mol. The van der Waals surface area contributed by atoms with Crippen molar-refractivity contribution in [3.05, 3.63) is 29.3 Å². The second kappa shape index (κ2) is 5.61. The number of methoxy groups -OCH3 is 2. The standard InChI is InChI=1S/C15H21NO3/c1-11-4-5-13(18-2)12(8-11)9-16-10-15(6-7-15)14(17)19-3/h4-5,8,16H,6-7,9-10H2,1-3H3. The van der Waals surface area contributed by atoms with Crippen LogP contribution in [0.5, 0.6) is 5.75 Å². The van der Waals surface area contributed by atoms with Gasteiger partial charge in [-0.25, -0.2) is 0 Å². The minimum absolute atomic E-state index is 0.101. The molecule has 0 saturated heterocycles. The Morgan fingerprint density at radius 1 is 1.37 bits per heavy atom. The zero-order chi connectivity index (χ0) is 13.9. The van der Waals surface area contributed by atoms with E-state index in [1.54, 1.807) is 7.11 Å². The molecule has 2 rings (SSSR count).